The summed E-state index contributed by atoms with van der Waals surface area (Å²) in [7, 11) is 0. The van der Waals surface area contributed by atoms with Crippen molar-refractivity contribution in [3.63, 3.8) is 0 Å². The molecule has 0 spiro atoms. The van der Waals surface area contributed by atoms with E-state index in [1.165, 1.54) is 95.1 Å². The normalized spacial score (nSPS) is 23.4. The SMILES string of the molecule is c1cc2c(nc1OC1CCCC1)CCN(CCC1CCCCC1)CC2. The Kier molecular flexibility index (Phi) is 5.91. The first kappa shape index (κ1) is 17.3. The first-order valence-electron chi connectivity index (χ1n) is 10.7. The van der Waals surface area contributed by atoms with Crippen LogP contribution < -0.4 is 4.74 Å². The summed E-state index contributed by atoms with van der Waals surface area (Å²) in [5.74, 6) is 1.85. The summed E-state index contributed by atoms with van der Waals surface area (Å²) in [5, 5.41) is 0. The molecule has 0 radical (unpaired) electrons. The third-order valence-electron chi connectivity index (χ3n) is 6.57. The van der Waals surface area contributed by atoms with E-state index in [4.69, 9.17) is 9.72 Å². The Bertz CT molecular complexity index is 547. The summed E-state index contributed by atoms with van der Waals surface area (Å²) in [6.45, 7) is 3.65. The monoisotopic (exact) mass is 342 g/mol. The van der Waals surface area contributed by atoms with E-state index in [0.29, 0.717) is 6.10 Å². The highest BCUT2D eigenvalue weighted by atomic mass is 16.5. The van der Waals surface area contributed by atoms with Gasteiger partial charge in [0.05, 0.1) is 0 Å². The van der Waals surface area contributed by atoms with Crippen molar-refractivity contribution in [1.29, 1.82) is 0 Å². The summed E-state index contributed by atoms with van der Waals surface area (Å²) in [5.41, 5.74) is 2.73. The molecule has 4 rings (SSSR count). The highest BCUT2D eigenvalue weighted by molar-refractivity contribution is 5.27. The van der Waals surface area contributed by atoms with Gasteiger partial charge in [-0.3, -0.25) is 0 Å². The average Bonchev–Trinajstić information content (AvgIpc) is 3.07. The molecule has 3 aliphatic rings. The minimum Gasteiger partial charge on any atom is -0.474 e. The lowest BCUT2D eigenvalue weighted by atomic mass is 9.87. The predicted molar refractivity (Wildman–Crippen MR) is 102 cm³/mol. The molecule has 0 N–H and O–H groups in total. The molecular weight excluding hydrogens is 308 g/mol. The number of aromatic nitrogens is 1. The van der Waals surface area contributed by atoms with Crippen molar-refractivity contribution in [2.45, 2.75) is 83.2 Å². The maximum absolute atomic E-state index is 6.11. The van der Waals surface area contributed by atoms with Gasteiger partial charge < -0.3 is 9.64 Å². The lowest BCUT2D eigenvalue weighted by molar-refractivity contribution is 0.200. The zero-order valence-corrected chi connectivity index (χ0v) is 15.7. The molecule has 0 atom stereocenters. The van der Waals surface area contributed by atoms with Gasteiger partial charge in [-0.05, 0) is 56.6 Å². The van der Waals surface area contributed by atoms with Gasteiger partial charge in [0.2, 0.25) is 5.88 Å². The molecule has 1 aliphatic heterocycles. The second kappa shape index (κ2) is 8.53. The first-order chi connectivity index (χ1) is 12.4. The third-order valence-corrected chi connectivity index (χ3v) is 6.57. The molecule has 1 aromatic rings. The molecule has 1 aromatic heterocycles. The van der Waals surface area contributed by atoms with E-state index in [0.717, 1.165) is 24.6 Å². The summed E-state index contributed by atoms with van der Waals surface area (Å²) in [4.78, 5) is 7.55. The zero-order valence-electron chi connectivity index (χ0n) is 15.7. The topological polar surface area (TPSA) is 25.4 Å². The summed E-state index contributed by atoms with van der Waals surface area (Å²) in [6, 6.07) is 4.38. The maximum atomic E-state index is 6.11. The molecule has 0 amide bonds. The summed E-state index contributed by atoms with van der Waals surface area (Å²) < 4.78 is 6.11. The number of fused-ring (bicyclic) bond motifs is 1. The molecule has 2 heterocycles. The van der Waals surface area contributed by atoms with E-state index >= 15 is 0 Å². The smallest absolute Gasteiger partial charge is 0.213 e. The van der Waals surface area contributed by atoms with Crippen LogP contribution in [0.1, 0.15) is 75.5 Å². The van der Waals surface area contributed by atoms with Crippen LogP contribution >= 0.6 is 0 Å². The Morgan fingerprint density at radius 1 is 0.920 bits per heavy atom. The number of hydrogen-bond donors (Lipinski definition) is 0. The van der Waals surface area contributed by atoms with Crippen LogP contribution in [-0.2, 0) is 12.8 Å². The highest BCUT2D eigenvalue weighted by Gasteiger charge is 2.20. The van der Waals surface area contributed by atoms with Crippen LogP contribution in [0.25, 0.3) is 0 Å². The van der Waals surface area contributed by atoms with Crippen LogP contribution in [0.3, 0.4) is 0 Å². The Morgan fingerprint density at radius 2 is 1.68 bits per heavy atom. The number of hydrogen-bond acceptors (Lipinski definition) is 3. The van der Waals surface area contributed by atoms with Gasteiger partial charge in [-0.2, -0.15) is 0 Å². The van der Waals surface area contributed by atoms with Gasteiger partial charge in [-0.15, -0.1) is 0 Å². The van der Waals surface area contributed by atoms with Crippen molar-refractivity contribution in [3.05, 3.63) is 23.4 Å². The van der Waals surface area contributed by atoms with E-state index in [1.54, 1.807) is 0 Å². The Balaban J connectivity index is 1.30. The fourth-order valence-electron chi connectivity index (χ4n) is 4.92. The molecule has 0 aromatic carbocycles. The van der Waals surface area contributed by atoms with Crippen LogP contribution in [0.2, 0.25) is 0 Å². The van der Waals surface area contributed by atoms with Crippen LogP contribution in [0.4, 0.5) is 0 Å². The van der Waals surface area contributed by atoms with Crippen molar-refractivity contribution in [2.24, 2.45) is 5.92 Å². The largest absolute Gasteiger partial charge is 0.474 e. The molecule has 0 bridgehead atoms. The van der Waals surface area contributed by atoms with Gasteiger partial charge in [-0.25, -0.2) is 4.98 Å². The molecule has 25 heavy (non-hydrogen) atoms. The van der Waals surface area contributed by atoms with Gasteiger partial charge in [0, 0.05) is 31.3 Å². The molecule has 3 nitrogen and oxygen atoms in total. The molecular formula is C22H34N2O. The van der Waals surface area contributed by atoms with Crippen LogP contribution in [0.15, 0.2) is 12.1 Å². The van der Waals surface area contributed by atoms with Crippen LogP contribution in [0, 0.1) is 5.92 Å². The number of ether oxygens (including phenoxy) is 1. The number of pyridine rings is 1. The van der Waals surface area contributed by atoms with E-state index in [2.05, 4.69) is 17.0 Å². The van der Waals surface area contributed by atoms with Crippen molar-refractivity contribution < 1.29 is 4.74 Å². The second-order valence-electron chi connectivity index (χ2n) is 8.41. The van der Waals surface area contributed by atoms with Crippen molar-refractivity contribution in [3.8, 4) is 5.88 Å². The van der Waals surface area contributed by atoms with Gasteiger partial charge in [0.15, 0.2) is 0 Å². The highest BCUT2D eigenvalue weighted by Crippen LogP contribution is 2.27. The van der Waals surface area contributed by atoms with Crippen LogP contribution in [-0.4, -0.2) is 35.6 Å². The van der Waals surface area contributed by atoms with Gasteiger partial charge >= 0.3 is 0 Å². The number of nitrogens with zero attached hydrogens (tertiary/aromatic N) is 2. The third kappa shape index (κ3) is 4.75. The molecule has 2 aliphatic carbocycles. The number of rotatable bonds is 5. The predicted octanol–water partition coefficient (Wildman–Crippen LogP) is 4.77. The fourth-order valence-corrected chi connectivity index (χ4v) is 4.92. The van der Waals surface area contributed by atoms with Crippen molar-refractivity contribution in [2.75, 3.05) is 19.6 Å². The fraction of sp³-hybridized carbons (Fsp3) is 0.773. The van der Waals surface area contributed by atoms with Gasteiger partial charge in [-0.1, -0.05) is 38.2 Å². The Morgan fingerprint density at radius 3 is 2.52 bits per heavy atom. The van der Waals surface area contributed by atoms with Crippen molar-refractivity contribution >= 4 is 0 Å². The van der Waals surface area contributed by atoms with E-state index in [1.807, 2.05) is 0 Å². The molecule has 0 saturated heterocycles. The zero-order chi connectivity index (χ0) is 16.9. The maximum Gasteiger partial charge on any atom is 0.213 e. The Hall–Kier alpha value is -1.09. The van der Waals surface area contributed by atoms with Crippen molar-refractivity contribution in [1.82, 2.24) is 9.88 Å². The van der Waals surface area contributed by atoms with E-state index in [-0.39, 0.29) is 0 Å². The molecule has 2 fully saturated rings. The summed E-state index contributed by atoms with van der Waals surface area (Å²) in [6.07, 6.45) is 16.4. The second-order valence-corrected chi connectivity index (χ2v) is 8.41. The van der Waals surface area contributed by atoms with E-state index < -0.39 is 0 Å². The van der Waals surface area contributed by atoms with Crippen LogP contribution in [0.5, 0.6) is 5.88 Å². The Labute approximate surface area is 153 Å². The minimum atomic E-state index is 0.406. The van der Waals surface area contributed by atoms with E-state index in [9.17, 15) is 0 Å². The lowest BCUT2D eigenvalue weighted by Crippen LogP contribution is -2.29. The first-order valence-corrected chi connectivity index (χ1v) is 10.7. The summed E-state index contributed by atoms with van der Waals surface area (Å²) >= 11 is 0. The van der Waals surface area contributed by atoms with Gasteiger partial charge in [0.25, 0.3) is 0 Å². The average molecular weight is 343 g/mol. The molecule has 3 heteroatoms. The standard InChI is InChI=1S/C22H34N2O/c1-2-6-18(7-3-1)12-15-24-16-13-19-10-11-22(23-21(19)14-17-24)25-20-8-4-5-9-20/h10-11,18,20H,1-9,12-17H2. The quantitative estimate of drug-likeness (QED) is 0.770. The van der Waals surface area contributed by atoms with Gasteiger partial charge in [0.1, 0.15) is 6.10 Å². The minimum absolute atomic E-state index is 0.406. The molecule has 138 valence electrons. The lowest BCUT2D eigenvalue weighted by Gasteiger charge is -2.26. The molecule has 0 unspecified atom stereocenters. The molecule has 2 saturated carbocycles.